The van der Waals surface area contributed by atoms with Gasteiger partial charge in [0.2, 0.25) is 0 Å². The van der Waals surface area contributed by atoms with Gasteiger partial charge in [-0.05, 0) is 42.7 Å². The Morgan fingerprint density at radius 3 is 2.42 bits per heavy atom. The predicted molar refractivity (Wildman–Crippen MR) is 75.9 cm³/mol. The smallest absolute Gasteiger partial charge is 0.335 e. The third kappa shape index (κ3) is 3.95. The summed E-state index contributed by atoms with van der Waals surface area (Å²) >= 11 is 0. The highest BCUT2D eigenvalue weighted by Crippen LogP contribution is 2.20. The average Bonchev–Trinajstić information content (AvgIpc) is 2.34. The average molecular weight is 261 g/mol. The molecule has 1 aromatic carbocycles. The maximum atomic E-state index is 11.6. The highest BCUT2D eigenvalue weighted by molar-refractivity contribution is 5.95. The van der Waals surface area contributed by atoms with E-state index in [1.165, 1.54) is 0 Å². The van der Waals surface area contributed by atoms with Gasteiger partial charge >= 0.3 is 5.97 Å². The zero-order valence-corrected chi connectivity index (χ0v) is 11.6. The van der Waals surface area contributed by atoms with Crippen LogP contribution < -0.4 is 4.90 Å². The maximum absolute atomic E-state index is 11.6. The van der Waals surface area contributed by atoms with Crippen molar-refractivity contribution in [2.24, 2.45) is 0 Å². The molecule has 0 saturated heterocycles. The van der Waals surface area contributed by atoms with E-state index in [2.05, 4.69) is 6.58 Å². The Labute approximate surface area is 113 Å². The molecular weight excluding hydrogens is 242 g/mol. The van der Waals surface area contributed by atoms with Crippen molar-refractivity contribution in [3.63, 3.8) is 0 Å². The zero-order chi connectivity index (χ0) is 14.6. The molecule has 0 saturated carbocycles. The lowest BCUT2D eigenvalue weighted by atomic mass is 9.99. The molecule has 0 amide bonds. The zero-order valence-electron chi connectivity index (χ0n) is 11.6. The molecule has 0 heterocycles. The Bertz CT molecular complexity index is 518. The molecule has 0 aliphatic heterocycles. The quantitative estimate of drug-likeness (QED) is 0.799. The molecule has 4 nitrogen and oxygen atoms in total. The van der Waals surface area contributed by atoms with Gasteiger partial charge < -0.3 is 10.0 Å². The van der Waals surface area contributed by atoms with Gasteiger partial charge in [-0.2, -0.15) is 0 Å². The summed E-state index contributed by atoms with van der Waals surface area (Å²) in [5, 5.41) is 9.15. The molecule has 0 aliphatic carbocycles. The first-order valence-corrected chi connectivity index (χ1v) is 6.05. The lowest BCUT2D eigenvalue weighted by Crippen LogP contribution is -2.11. The first-order chi connectivity index (χ1) is 8.82. The van der Waals surface area contributed by atoms with Crippen LogP contribution in [0.2, 0.25) is 0 Å². The van der Waals surface area contributed by atoms with E-state index >= 15 is 0 Å². The summed E-state index contributed by atoms with van der Waals surface area (Å²) in [5.41, 5.74) is 2.34. The lowest BCUT2D eigenvalue weighted by Gasteiger charge is -2.15. The first-order valence-electron chi connectivity index (χ1n) is 6.05. The summed E-state index contributed by atoms with van der Waals surface area (Å²) in [4.78, 5) is 24.6. The molecule has 0 unspecified atom stereocenters. The second kappa shape index (κ2) is 6.18. The summed E-state index contributed by atoms with van der Waals surface area (Å²) in [6.07, 6.45) is 0.696. The summed E-state index contributed by atoms with van der Waals surface area (Å²) in [7, 11) is 3.77. The van der Waals surface area contributed by atoms with Crippen LogP contribution in [-0.2, 0) is 11.2 Å². The van der Waals surface area contributed by atoms with Crippen molar-refractivity contribution < 1.29 is 14.7 Å². The largest absolute Gasteiger partial charge is 0.478 e. The third-order valence-corrected chi connectivity index (χ3v) is 2.93. The SMILES string of the molecule is C=C(C)C(=O)CCc1cc(N(C)C)ccc1C(=O)O. The van der Waals surface area contributed by atoms with Gasteiger partial charge in [-0.15, -0.1) is 0 Å². The number of benzene rings is 1. The molecule has 0 radical (unpaired) electrons. The summed E-state index contributed by atoms with van der Waals surface area (Å²) in [6, 6.07) is 5.15. The fraction of sp³-hybridized carbons (Fsp3) is 0.333. The van der Waals surface area contributed by atoms with E-state index in [-0.39, 0.29) is 17.8 Å². The van der Waals surface area contributed by atoms with Crippen molar-refractivity contribution in [3.8, 4) is 0 Å². The molecule has 0 bridgehead atoms. The second-order valence-electron chi connectivity index (χ2n) is 4.74. The van der Waals surface area contributed by atoms with Crippen LogP contribution in [0.5, 0.6) is 0 Å². The molecule has 102 valence electrons. The Morgan fingerprint density at radius 2 is 1.95 bits per heavy atom. The number of rotatable bonds is 6. The van der Waals surface area contributed by atoms with Crippen LogP contribution in [0.3, 0.4) is 0 Å². The Hall–Kier alpha value is -2.10. The minimum absolute atomic E-state index is 0.0356. The van der Waals surface area contributed by atoms with Crippen molar-refractivity contribution in [3.05, 3.63) is 41.5 Å². The van der Waals surface area contributed by atoms with E-state index in [0.717, 1.165) is 5.69 Å². The summed E-state index contributed by atoms with van der Waals surface area (Å²) < 4.78 is 0. The van der Waals surface area contributed by atoms with Crippen molar-refractivity contribution in [2.45, 2.75) is 19.8 Å². The number of carbonyl (C=O) groups excluding carboxylic acids is 1. The molecule has 0 aromatic heterocycles. The van der Waals surface area contributed by atoms with E-state index in [1.807, 2.05) is 25.1 Å². The number of hydrogen-bond acceptors (Lipinski definition) is 3. The first kappa shape index (κ1) is 15.0. The number of carbonyl (C=O) groups is 2. The monoisotopic (exact) mass is 261 g/mol. The fourth-order valence-electron chi connectivity index (χ4n) is 1.74. The number of carboxylic acids is 1. The van der Waals surface area contributed by atoms with Gasteiger partial charge in [0.15, 0.2) is 5.78 Å². The molecule has 0 fully saturated rings. The van der Waals surface area contributed by atoms with E-state index in [4.69, 9.17) is 5.11 Å². The molecular formula is C15H19NO3. The van der Waals surface area contributed by atoms with Crippen LogP contribution in [0.4, 0.5) is 5.69 Å². The van der Waals surface area contributed by atoms with Crippen LogP contribution >= 0.6 is 0 Å². The number of aromatic carboxylic acids is 1. The van der Waals surface area contributed by atoms with E-state index in [0.29, 0.717) is 17.6 Å². The van der Waals surface area contributed by atoms with Crippen LogP contribution in [0.25, 0.3) is 0 Å². The van der Waals surface area contributed by atoms with Gasteiger partial charge in [0.05, 0.1) is 5.56 Å². The van der Waals surface area contributed by atoms with Gasteiger partial charge in [0.1, 0.15) is 0 Å². The van der Waals surface area contributed by atoms with E-state index in [1.54, 1.807) is 19.1 Å². The number of allylic oxidation sites excluding steroid dienone is 1. The highest BCUT2D eigenvalue weighted by atomic mass is 16.4. The number of anilines is 1. The van der Waals surface area contributed by atoms with Gasteiger partial charge in [-0.3, -0.25) is 4.79 Å². The van der Waals surface area contributed by atoms with E-state index in [9.17, 15) is 9.59 Å². The molecule has 0 aliphatic rings. The minimum Gasteiger partial charge on any atom is -0.478 e. The van der Waals surface area contributed by atoms with Gasteiger partial charge in [-0.1, -0.05) is 6.58 Å². The standard InChI is InChI=1S/C15H19NO3/c1-10(2)14(17)8-5-11-9-12(16(3)4)6-7-13(11)15(18)19/h6-7,9H,1,5,8H2,2-4H3,(H,18,19). The minimum atomic E-state index is -0.969. The normalized spacial score (nSPS) is 10.1. The van der Waals surface area contributed by atoms with Crippen LogP contribution in [0.1, 0.15) is 29.3 Å². The number of Topliss-reactive ketones (excluding diaryl/α,β-unsaturated/α-hetero) is 1. The predicted octanol–water partition coefficient (Wildman–Crippen LogP) is 2.53. The van der Waals surface area contributed by atoms with Crippen molar-refractivity contribution >= 4 is 17.4 Å². The Kier molecular flexibility index (Phi) is 4.87. The molecule has 19 heavy (non-hydrogen) atoms. The van der Waals surface area contributed by atoms with Crippen molar-refractivity contribution in [2.75, 3.05) is 19.0 Å². The van der Waals surface area contributed by atoms with Gasteiger partial charge in [0, 0.05) is 26.2 Å². The van der Waals surface area contributed by atoms with E-state index < -0.39 is 5.97 Å². The number of carboxylic acid groups (broad SMARTS) is 1. The molecule has 0 spiro atoms. The Morgan fingerprint density at radius 1 is 1.32 bits per heavy atom. The highest BCUT2D eigenvalue weighted by Gasteiger charge is 2.13. The lowest BCUT2D eigenvalue weighted by molar-refractivity contribution is -0.115. The molecule has 1 N–H and O–H groups in total. The topological polar surface area (TPSA) is 57.6 Å². The second-order valence-corrected chi connectivity index (χ2v) is 4.74. The summed E-state index contributed by atoms with van der Waals surface area (Å²) in [6.45, 7) is 5.26. The third-order valence-electron chi connectivity index (χ3n) is 2.93. The Balaban J connectivity index is 3.01. The van der Waals surface area contributed by atoms with Crippen molar-refractivity contribution in [1.82, 2.24) is 0 Å². The molecule has 1 aromatic rings. The fourth-order valence-corrected chi connectivity index (χ4v) is 1.74. The summed E-state index contributed by atoms with van der Waals surface area (Å²) in [5.74, 6) is -1.00. The van der Waals surface area contributed by atoms with Gasteiger partial charge in [-0.25, -0.2) is 4.79 Å². The molecule has 0 atom stereocenters. The van der Waals surface area contributed by atoms with Crippen LogP contribution in [0, 0.1) is 0 Å². The van der Waals surface area contributed by atoms with Crippen LogP contribution in [-0.4, -0.2) is 31.0 Å². The molecule has 1 rings (SSSR count). The van der Waals surface area contributed by atoms with Gasteiger partial charge in [0.25, 0.3) is 0 Å². The number of aryl methyl sites for hydroxylation is 1. The number of ketones is 1. The number of nitrogens with zero attached hydrogens (tertiary/aromatic N) is 1. The molecule has 4 heteroatoms. The maximum Gasteiger partial charge on any atom is 0.335 e. The van der Waals surface area contributed by atoms with Crippen LogP contribution in [0.15, 0.2) is 30.4 Å². The number of hydrogen-bond donors (Lipinski definition) is 1. The van der Waals surface area contributed by atoms with Crippen molar-refractivity contribution in [1.29, 1.82) is 0 Å².